The summed E-state index contributed by atoms with van der Waals surface area (Å²) < 4.78 is 0. The van der Waals surface area contributed by atoms with Crippen LogP contribution in [0.1, 0.15) is 24.2 Å². The number of carbonyl (C=O) groups excluding carboxylic acids is 3. The van der Waals surface area contributed by atoms with Gasteiger partial charge < -0.3 is 16.8 Å². The summed E-state index contributed by atoms with van der Waals surface area (Å²) in [6, 6.07) is 9.63. The Kier molecular flexibility index (Phi) is 5.79. The fraction of sp³-hybridized carbons (Fsp3) is 0.167. The fourth-order valence-corrected chi connectivity index (χ4v) is 2.19. The van der Waals surface area contributed by atoms with Crippen molar-refractivity contribution in [2.24, 2.45) is 10.2 Å². The summed E-state index contributed by atoms with van der Waals surface area (Å²) in [4.78, 5) is 35.5. The van der Waals surface area contributed by atoms with E-state index in [4.69, 9.17) is 11.5 Å². The molecule has 0 heterocycles. The van der Waals surface area contributed by atoms with Gasteiger partial charge in [-0.3, -0.25) is 14.4 Å². The molecule has 0 bridgehead atoms. The van der Waals surface area contributed by atoms with Gasteiger partial charge >= 0.3 is 0 Å². The van der Waals surface area contributed by atoms with Gasteiger partial charge in [0.25, 0.3) is 0 Å². The van der Waals surface area contributed by atoms with Crippen LogP contribution in [0.2, 0.25) is 0 Å². The highest BCUT2D eigenvalue weighted by atomic mass is 16.2. The molecule has 1 amide bonds. The van der Waals surface area contributed by atoms with Crippen molar-refractivity contribution < 1.29 is 14.4 Å². The van der Waals surface area contributed by atoms with Gasteiger partial charge in [-0.05, 0) is 49.4 Å². The molecule has 0 saturated carbocycles. The Hall–Kier alpha value is -3.55. The number of nitrogens with one attached hydrogen (secondary N) is 1. The van der Waals surface area contributed by atoms with Gasteiger partial charge in [0.15, 0.2) is 17.6 Å². The summed E-state index contributed by atoms with van der Waals surface area (Å²) in [7, 11) is 0. The zero-order chi connectivity index (χ0) is 19.3. The van der Waals surface area contributed by atoms with E-state index in [2.05, 4.69) is 15.5 Å². The Morgan fingerprint density at radius 2 is 1.65 bits per heavy atom. The number of hydrogen-bond donors (Lipinski definition) is 3. The van der Waals surface area contributed by atoms with Crippen molar-refractivity contribution >= 4 is 40.2 Å². The number of amides is 1. The minimum absolute atomic E-state index is 0.130. The molecule has 2 aromatic rings. The van der Waals surface area contributed by atoms with Crippen LogP contribution in [0, 0.1) is 0 Å². The number of rotatable bonds is 6. The molecule has 5 N–H and O–H groups in total. The molecular formula is C18H19N5O3. The minimum Gasteiger partial charge on any atom is -0.399 e. The number of azo groups is 1. The summed E-state index contributed by atoms with van der Waals surface area (Å²) in [5.74, 6) is -1.22. The topological polar surface area (TPSA) is 140 Å². The van der Waals surface area contributed by atoms with E-state index in [-0.39, 0.29) is 17.2 Å². The van der Waals surface area contributed by atoms with Crippen molar-refractivity contribution in [2.45, 2.75) is 19.9 Å². The van der Waals surface area contributed by atoms with Gasteiger partial charge in [0.1, 0.15) is 0 Å². The van der Waals surface area contributed by atoms with Gasteiger partial charge in [-0.2, -0.15) is 10.2 Å². The van der Waals surface area contributed by atoms with Gasteiger partial charge in [-0.25, -0.2) is 0 Å². The molecule has 0 radical (unpaired) electrons. The smallest absolute Gasteiger partial charge is 0.221 e. The number of nitrogens with zero attached hydrogens (tertiary/aromatic N) is 2. The minimum atomic E-state index is -1.31. The maximum Gasteiger partial charge on any atom is 0.221 e. The van der Waals surface area contributed by atoms with E-state index < -0.39 is 17.6 Å². The molecular weight excluding hydrogens is 334 g/mol. The monoisotopic (exact) mass is 353 g/mol. The molecule has 0 saturated heterocycles. The summed E-state index contributed by atoms with van der Waals surface area (Å²) in [6.07, 6.45) is 0. The zero-order valence-corrected chi connectivity index (χ0v) is 14.4. The third-order valence-electron chi connectivity index (χ3n) is 3.45. The molecule has 0 aliphatic heterocycles. The van der Waals surface area contributed by atoms with Crippen LogP contribution in [-0.4, -0.2) is 23.5 Å². The Labute approximate surface area is 150 Å². The third kappa shape index (κ3) is 4.73. The van der Waals surface area contributed by atoms with Gasteiger partial charge in [-0.15, -0.1) is 0 Å². The van der Waals surface area contributed by atoms with Crippen molar-refractivity contribution in [1.29, 1.82) is 0 Å². The second-order valence-electron chi connectivity index (χ2n) is 5.67. The van der Waals surface area contributed by atoms with Crippen LogP contribution in [-0.2, 0) is 9.59 Å². The number of carbonyl (C=O) groups is 3. The van der Waals surface area contributed by atoms with Crippen molar-refractivity contribution in [2.75, 3.05) is 16.8 Å². The van der Waals surface area contributed by atoms with E-state index in [0.29, 0.717) is 17.1 Å². The number of benzene rings is 2. The molecule has 8 heteroatoms. The molecule has 0 aliphatic rings. The molecule has 0 aromatic heterocycles. The predicted molar refractivity (Wildman–Crippen MR) is 99.3 cm³/mol. The molecule has 0 aliphatic carbocycles. The first-order valence-electron chi connectivity index (χ1n) is 7.76. The van der Waals surface area contributed by atoms with E-state index >= 15 is 0 Å². The Morgan fingerprint density at radius 1 is 1.00 bits per heavy atom. The summed E-state index contributed by atoms with van der Waals surface area (Å²) >= 11 is 0. The lowest BCUT2D eigenvalue weighted by atomic mass is 10.00. The first-order chi connectivity index (χ1) is 12.3. The van der Waals surface area contributed by atoms with Crippen LogP contribution >= 0.6 is 0 Å². The summed E-state index contributed by atoms with van der Waals surface area (Å²) in [5.41, 5.74) is 13.2. The molecule has 0 fully saturated rings. The van der Waals surface area contributed by atoms with E-state index in [1.165, 1.54) is 26.0 Å². The standard InChI is InChI=1S/C18H19N5O3/c1-10(24)17(18(26)15-9-12(19)3-8-16(15)20)23-22-14-6-4-13(5-7-14)21-11(2)25/h3-9,17H,19-20H2,1-2H3,(H,21,25). The lowest BCUT2D eigenvalue weighted by Gasteiger charge is -2.10. The maximum atomic E-state index is 12.6. The van der Waals surface area contributed by atoms with Crippen LogP contribution in [0.3, 0.4) is 0 Å². The van der Waals surface area contributed by atoms with Gasteiger partial charge in [0.2, 0.25) is 5.91 Å². The molecule has 134 valence electrons. The first-order valence-corrected chi connectivity index (χ1v) is 7.76. The average Bonchev–Trinajstić information content (AvgIpc) is 2.57. The number of Topliss-reactive ketones (excluding diaryl/α,β-unsaturated/α-hetero) is 2. The Balaban J connectivity index is 2.23. The summed E-state index contributed by atoms with van der Waals surface area (Å²) in [6.45, 7) is 2.66. The van der Waals surface area contributed by atoms with E-state index in [1.807, 2.05) is 0 Å². The second-order valence-corrected chi connectivity index (χ2v) is 5.67. The number of anilines is 3. The lowest BCUT2D eigenvalue weighted by molar-refractivity contribution is -0.117. The van der Waals surface area contributed by atoms with E-state index in [9.17, 15) is 14.4 Å². The van der Waals surface area contributed by atoms with Crippen molar-refractivity contribution in [1.82, 2.24) is 0 Å². The molecule has 1 unspecified atom stereocenters. The second kappa shape index (κ2) is 8.02. The largest absolute Gasteiger partial charge is 0.399 e. The molecule has 2 rings (SSSR count). The van der Waals surface area contributed by atoms with Crippen LogP contribution in [0.25, 0.3) is 0 Å². The molecule has 26 heavy (non-hydrogen) atoms. The van der Waals surface area contributed by atoms with Gasteiger partial charge in [0, 0.05) is 29.5 Å². The third-order valence-corrected chi connectivity index (χ3v) is 3.45. The van der Waals surface area contributed by atoms with Crippen LogP contribution < -0.4 is 16.8 Å². The fourth-order valence-electron chi connectivity index (χ4n) is 2.19. The Bertz CT molecular complexity index is 875. The lowest BCUT2D eigenvalue weighted by Crippen LogP contribution is -2.27. The zero-order valence-electron chi connectivity index (χ0n) is 14.4. The van der Waals surface area contributed by atoms with Crippen molar-refractivity contribution in [3.8, 4) is 0 Å². The van der Waals surface area contributed by atoms with E-state index in [1.54, 1.807) is 30.3 Å². The van der Waals surface area contributed by atoms with Gasteiger partial charge in [-0.1, -0.05) is 0 Å². The Morgan fingerprint density at radius 3 is 2.23 bits per heavy atom. The highest BCUT2D eigenvalue weighted by Crippen LogP contribution is 2.21. The van der Waals surface area contributed by atoms with Crippen molar-refractivity contribution in [3.63, 3.8) is 0 Å². The first kappa shape index (κ1) is 18.8. The van der Waals surface area contributed by atoms with Crippen LogP contribution in [0.4, 0.5) is 22.7 Å². The highest BCUT2D eigenvalue weighted by molar-refractivity contribution is 6.16. The maximum absolute atomic E-state index is 12.6. The average molecular weight is 353 g/mol. The number of nitrogens with two attached hydrogens (primary N) is 2. The van der Waals surface area contributed by atoms with Crippen LogP contribution in [0.15, 0.2) is 52.7 Å². The van der Waals surface area contributed by atoms with Gasteiger partial charge in [0.05, 0.1) is 5.69 Å². The number of nitrogen functional groups attached to an aromatic ring is 2. The summed E-state index contributed by atoms with van der Waals surface area (Å²) in [5, 5.41) is 10.4. The quantitative estimate of drug-likeness (QED) is 0.317. The molecule has 8 nitrogen and oxygen atoms in total. The van der Waals surface area contributed by atoms with Crippen molar-refractivity contribution in [3.05, 3.63) is 48.0 Å². The SMILES string of the molecule is CC(=O)Nc1ccc(N=NC(C(C)=O)C(=O)c2cc(N)ccc2N)cc1. The number of hydrogen-bond acceptors (Lipinski definition) is 7. The molecule has 0 spiro atoms. The normalized spacial score (nSPS) is 11.9. The number of ketones is 2. The highest BCUT2D eigenvalue weighted by Gasteiger charge is 2.26. The molecule has 2 aromatic carbocycles. The van der Waals surface area contributed by atoms with Crippen LogP contribution in [0.5, 0.6) is 0 Å². The van der Waals surface area contributed by atoms with E-state index in [0.717, 1.165) is 0 Å². The predicted octanol–water partition coefficient (Wildman–Crippen LogP) is 2.73. The molecule has 1 atom stereocenters.